The van der Waals surface area contributed by atoms with Gasteiger partial charge in [-0.25, -0.2) is 9.97 Å². The Morgan fingerprint density at radius 1 is 1.28 bits per heavy atom. The zero-order valence-electron chi connectivity index (χ0n) is 16.9. The number of rotatable bonds is 4. The zero-order valence-corrected chi connectivity index (χ0v) is 17.6. The fourth-order valence-electron chi connectivity index (χ4n) is 3.76. The first-order valence-electron chi connectivity index (χ1n) is 9.77. The Hall–Kier alpha value is -2.48. The van der Waals surface area contributed by atoms with Gasteiger partial charge >= 0.3 is 0 Å². The van der Waals surface area contributed by atoms with Crippen LogP contribution in [0.2, 0.25) is 5.28 Å². The van der Waals surface area contributed by atoms with E-state index in [0.717, 1.165) is 59.6 Å². The van der Waals surface area contributed by atoms with Gasteiger partial charge in [-0.05, 0) is 44.1 Å². The van der Waals surface area contributed by atoms with Gasteiger partial charge in [0.2, 0.25) is 11.2 Å². The minimum Gasteiger partial charge on any atom is -0.359 e. The highest BCUT2D eigenvalue weighted by atomic mass is 35.5. The molecule has 29 heavy (non-hydrogen) atoms. The van der Waals surface area contributed by atoms with Crippen LogP contribution in [-0.4, -0.2) is 69.9 Å². The molecule has 1 fully saturated rings. The van der Waals surface area contributed by atoms with Crippen molar-refractivity contribution < 1.29 is 4.79 Å². The first-order valence-corrected chi connectivity index (χ1v) is 10.1. The maximum atomic E-state index is 12.9. The number of aromatic amines is 1. The van der Waals surface area contributed by atoms with E-state index in [2.05, 4.69) is 37.1 Å². The fourth-order valence-corrected chi connectivity index (χ4v) is 3.89. The maximum absolute atomic E-state index is 12.9. The van der Waals surface area contributed by atoms with Crippen molar-refractivity contribution in [3.05, 3.63) is 41.4 Å². The average Bonchev–Trinajstić information content (AvgIpc) is 3.15. The quantitative estimate of drug-likeness (QED) is 0.643. The van der Waals surface area contributed by atoms with Gasteiger partial charge in [0, 0.05) is 49.5 Å². The summed E-state index contributed by atoms with van der Waals surface area (Å²) in [5, 5.41) is 4.29. The van der Waals surface area contributed by atoms with E-state index in [9.17, 15) is 4.79 Å². The smallest absolute Gasteiger partial charge is 0.241 e. The first kappa shape index (κ1) is 19.8. The molecule has 1 aliphatic heterocycles. The molecule has 1 saturated heterocycles. The third-order valence-electron chi connectivity index (χ3n) is 5.64. The lowest BCUT2D eigenvalue weighted by Crippen LogP contribution is -2.51. The second-order valence-corrected chi connectivity index (χ2v) is 7.94. The van der Waals surface area contributed by atoms with Crippen LogP contribution in [-0.2, 0) is 4.79 Å². The van der Waals surface area contributed by atoms with Gasteiger partial charge in [-0.15, -0.1) is 0 Å². The van der Waals surface area contributed by atoms with Gasteiger partial charge in [0.25, 0.3) is 0 Å². The lowest BCUT2D eigenvalue weighted by atomic mass is 10.1. The van der Waals surface area contributed by atoms with Gasteiger partial charge in [0.1, 0.15) is 0 Å². The Morgan fingerprint density at radius 3 is 2.79 bits per heavy atom. The molecule has 3 heterocycles. The highest BCUT2D eigenvalue weighted by Crippen LogP contribution is 2.33. The molecule has 0 aliphatic carbocycles. The summed E-state index contributed by atoms with van der Waals surface area (Å²) in [6, 6.07) is 5.68. The monoisotopic (exact) mass is 412 g/mol. The second kappa shape index (κ2) is 8.10. The number of piperazine rings is 1. The third-order valence-corrected chi connectivity index (χ3v) is 5.82. The summed E-state index contributed by atoms with van der Waals surface area (Å²) in [6.45, 7) is 7.68. The number of aromatic nitrogens is 3. The number of anilines is 1. The molecule has 2 aromatic heterocycles. The van der Waals surface area contributed by atoms with Crippen LogP contribution in [0.5, 0.6) is 0 Å². The Bertz CT molecular complexity index is 1040. The molecule has 1 aliphatic rings. The van der Waals surface area contributed by atoms with Crippen molar-refractivity contribution in [3.8, 4) is 11.3 Å². The molecular formula is C21H25ClN6O. The second-order valence-electron chi connectivity index (χ2n) is 7.61. The highest BCUT2D eigenvalue weighted by molar-refractivity contribution is 6.28. The van der Waals surface area contributed by atoms with Crippen molar-refractivity contribution in [1.29, 1.82) is 0 Å². The van der Waals surface area contributed by atoms with Crippen LogP contribution in [0.15, 0.2) is 30.6 Å². The van der Waals surface area contributed by atoms with Crippen LogP contribution >= 0.6 is 11.6 Å². The largest absolute Gasteiger partial charge is 0.359 e. The van der Waals surface area contributed by atoms with E-state index in [4.69, 9.17) is 11.6 Å². The highest BCUT2D eigenvalue weighted by Gasteiger charge is 2.25. The van der Waals surface area contributed by atoms with Gasteiger partial charge in [-0.1, -0.05) is 12.1 Å². The van der Waals surface area contributed by atoms with Crippen LogP contribution < -0.4 is 5.32 Å². The molecule has 2 N–H and O–H groups in total. The summed E-state index contributed by atoms with van der Waals surface area (Å²) in [5.74, 6) is -0.000496. The predicted molar refractivity (Wildman–Crippen MR) is 116 cm³/mol. The van der Waals surface area contributed by atoms with Crippen LogP contribution in [0.1, 0.15) is 12.5 Å². The molecule has 4 rings (SSSR count). The number of likely N-dealkylation sites (N-methyl/N-ethyl adjacent to an activating group) is 1. The molecule has 7 nitrogen and oxygen atoms in total. The van der Waals surface area contributed by atoms with Gasteiger partial charge < -0.3 is 15.2 Å². The number of H-pyrrole nitrogens is 1. The number of carbonyl (C=O) groups excluding carboxylic acids is 1. The van der Waals surface area contributed by atoms with E-state index in [0.29, 0.717) is 0 Å². The number of hydrogen-bond donors (Lipinski definition) is 2. The van der Waals surface area contributed by atoms with Crippen LogP contribution in [0.4, 0.5) is 5.69 Å². The Kier molecular flexibility index (Phi) is 5.54. The fraction of sp³-hybridized carbons (Fsp3) is 0.381. The number of nitrogens with one attached hydrogen (secondary N) is 2. The van der Waals surface area contributed by atoms with Crippen LogP contribution in [0.3, 0.4) is 0 Å². The predicted octanol–water partition coefficient (Wildman–Crippen LogP) is 3.16. The average molecular weight is 413 g/mol. The lowest BCUT2D eigenvalue weighted by molar-refractivity contribution is -0.121. The summed E-state index contributed by atoms with van der Waals surface area (Å²) < 4.78 is 0. The number of nitrogens with zero attached hydrogens (tertiary/aromatic N) is 4. The van der Waals surface area contributed by atoms with E-state index in [1.54, 1.807) is 6.20 Å². The molecule has 1 amide bonds. The molecule has 1 unspecified atom stereocenters. The maximum Gasteiger partial charge on any atom is 0.241 e. The van der Waals surface area contributed by atoms with Crippen molar-refractivity contribution in [2.45, 2.75) is 19.9 Å². The minimum absolute atomic E-state index is 0.000496. The number of aryl methyl sites for hydroxylation is 1. The Morgan fingerprint density at radius 2 is 2.03 bits per heavy atom. The minimum atomic E-state index is -0.184. The van der Waals surface area contributed by atoms with Gasteiger partial charge in [-0.3, -0.25) is 9.69 Å². The van der Waals surface area contributed by atoms with E-state index in [1.165, 1.54) is 0 Å². The van der Waals surface area contributed by atoms with E-state index in [1.807, 2.05) is 38.2 Å². The van der Waals surface area contributed by atoms with E-state index < -0.39 is 0 Å². The topological polar surface area (TPSA) is 77.1 Å². The SMILES string of the molecule is Cc1cnc(Cl)nc1-c1c[nH]c2c(NC(=O)C(C)N3CCN(C)CC3)cccc12. The molecule has 1 aromatic carbocycles. The molecule has 0 bridgehead atoms. The number of hydrogen-bond acceptors (Lipinski definition) is 5. The molecule has 0 saturated carbocycles. The van der Waals surface area contributed by atoms with Crippen molar-refractivity contribution in [2.75, 3.05) is 38.5 Å². The van der Waals surface area contributed by atoms with Crippen molar-refractivity contribution >= 4 is 34.1 Å². The standard InChI is InChI=1S/C21H25ClN6O/c1-13-11-24-21(22)26-18(13)16-12-23-19-15(16)5-4-6-17(19)25-20(29)14(2)28-9-7-27(3)8-10-28/h4-6,11-12,14,23H,7-10H2,1-3H3,(H,25,29). The normalized spacial score (nSPS) is 16.8. The summed E-state index contributed by atoms with van der Waals surface area (Å²) in [5.41, 5.74) is 4.29. The number of fused-ring (bicyclic) bond motifs is 1. The summed E-state index contributed by atoms with van der Waals surface area (Å²) in [7, 11) is 2.11. The van der Waals surface area contributed by atoms with Crippen LogP contribution in [0.25, 0.3) is 22.2 Å². The number of para-hydroxylation sites is 1. The van der Waals surface area contributed by atoms with Gasteiger partial charge in [-0.2, -0.15) is 0 Å². The number of carbonyl (C=O) groups is 1. The molecule has 0 spiro atoms. The first-order chi connectivity index (χ1) is 13.9. The molecule has 8 heteroatoms. The Labute approximate surface area is 175 Å². The molecule has 0 radical (unpaired) electrons. The molecule has 3 aromatic rings. The van der Waals surface area contributed by atoms with E-state index >= 15 is 0 Å². The summed E-state index contributed by atoms with van der Waals surface area (Å²) in [6.07, 6.45) is 3.61. The van der Waals surface area contributed by atoms with Crippen LogP contribution in [0, 0.1) is 6.92 Å². The Balaban J connectivity index is 1.60. The van der Waals surface area contributed by atoms with Gasteiger partial charge in [0.05, 0.1) is 22.9 Å². The number of amides is 1. The molecular weight excluding hydrogens is 388 g/mol. The lowest BCUT2D eigenvalue weighted by Gasteiger charge is -2.35. The van der Waals surface area contributed by atoms with E-state index in [-0.39, 0.29) is 17.2 Å². The molecule has 152 valence electrons. The summed E-state index contributed by atoms with van der Waals surface area (Å²) >= 11 is 6.01. The number of halogens is 1. The van der Waals surface area contributed by atoms with Crippen molar-refractivity contribution in [2.24, 2.45) is 0 Å². The molecule has 1 atom stereocenters. The van der Waals surface area contributed by atoms with Crippen molar-refractivity contribution in [3.63, 3.8) is 0 Å². The van der Waals surface area contributed by atoms with Gasteiger partial charge in [0.15, 0.2) is 0 Å². The summed E-state index contributed by atoms with van der Waals surface area (Å²) in [4.78, 5) is 29.1. The zero-order chi connectivity index (χ0) is 20.5. The van der Waals surface area contributed by atoms with Crippen molar-refractivity contribution in [1.82, 2.24) is 24.8 Å². The number of benzene rings is 1. The third kappa shape index (κ3) is 3.99.